The highest BCUT2D eigenvalue weighted by molar-refractivity contribution is 7.15. The number of carbonyl (C=O) groups is 1. The summed E-state index contributed by atoms with van der Waals surface area (Å²) in [6.45, 7) is 2.84. The first-order valence-corrected chi connectivity index (χ1v) is 7.24. The minimum absolute atomic E-state index is 0.215. The van der Waals surface area contributed by atoms with Gasteiger partial charge in [0.05, 0.1) is 6.04 Å². The minimum Gasteiger partial charge on any atom is -0.486 e. The molecule has 2 aromatic rings. The van der Waals surface area contributed by atoms with Gasteiger partial charge in [0.25, 0.3) is 5.91 Å². The Hall–Kier alpha value is -2.35. The van der Waals surface area contributed by atoms with Crippen molar-refractivity contribution in [3.05, 3.63) is 28.8 Å². The second kappa shape index (κ2) is 5.57. The first-order valence-electron chi connectivity index (χ1n) is 6.43. The first kappa shape index (κ1) is 13.6. The summed E-state index contributed by atoms with van der Waals surface area (Å²) in [5, 5.41) is 11.5. The zero-order chi connectivity index (χ0) is 14.8. The lowest BCUT2D eigenvalue weighted by Gasteiger charge is -2.19. The number of carbonyl (C=O) groups excluding carboxylic acids is 1. The lowest BCUT2D eigenvalue weighted by Crippen LogP contribution is -2.27. The molecule has 0 fully saturated rings. The van der Waals surface area contributed by atoms with Crippen LogP contribution in [0.15, 0.2) is 18.2 Å². The smallest absolute Gasteiger partial charge is 0.251 e. The summed E-state index contributed by atoms with van der Waals surface area (Å²) in [5.41, 5.74) is 6.04. The molecule has 1 unspecified atom stereocenters. The Morgan fingerprint density at radius 1 is 1.33 bits per heavy atom. The van der Waals surface area contributed by atoms with Crippen LogP contribution in [0, 0.1) is 0 Å². The van der Waals surface area contributed by atoms with Crippen LogP contribution < -0.4 is 20.5 Å². The van der Waals surface area contributed by atoms with Gasteiger partial charge in [-0.15, -0.1) is 10.2 Å². The third-order valence-electron chi connectivity index (χ3n) is 2.98. The van der Waals surface area contributed by atoms with Crippen LogP contribution in [-0.2, 0) is 0 Å². The van der Waals surface area contributed by atoms with Crippen LogP contribution in [0.5, 0.6) is 11.5 Å². The molecule has 8 heteroatoms. The van der Waals surface area contributed by atoms with Gasteiger partial charge in [0.1, 0.15) is 18.2 Å². The molecule has 2 heterocycles. The van der Waals surface area contributed by atoms with Gasteiger partial charge >= 0.3 is 0 Å². The van der Waals surface area contributed by atoms with Crippen molar-refractivity contribution in [2.24, 2.45) is 0 Å². The van der Waals surface area contributed by atoms with E-state index in [-0.39, 0.29) is 11.9 Å². The van der Waals surface area contributed by atoms with E-state index in [1.807, 2.05) is 6.92 Å². The fourth-order valence-electron chi connectivity index (χ4n) is 1.95. The third-order valence-corrected chi connectivity index (χ3v) is 3.91. The van der Waals surface area contributed by atoms with Gasteiger partial charge in [0.2, 0.25) is 5.13 Å². The van der Waals surface area contributed by atoms with E-state index < -0.39 is 0 Å². The monoisotopic (exact) mass is 306 g/mol. The van der Waals surface area contributed by atoms with Crippen molar-refractivity contribution in [1.82, 2.24) is 15.5 Å². The lowest BCUT2D eigenvalue weighted by atomic mass is 10.1. The van der Waals surface area contributed by atoms with Crippen molar-refractivity contribution in [3.63, 3.8) is 0 Å². The molecular weight excluding hydrogens is 292 g/mol. The summed E-state index contributed by atoms with van der Waals surface area (Å²) in [5.74, 6) is 1.03. The van der Waals surface area contributed by atoms with Gasteiger partial charge in [-0.2, -0.15) is 0 Å². The van der Waals surface area contributed by atoms with Crippen LogP contribution in [0.1, 0.15) is 28.3 Å². The number of nitrogens with one attached hydrogen (secondary N) is 1. The van der Waals surface area contributed by atoms with E-state index in [4.69, 9.17) is 15.2 Å². The van der Waals surface area contributed by atoms with Crippen LogP contribution in [0.25, 0.3) is 0 Å². The lowest BCUT2D eigenvalue weighted by molar-refractivity contribution is 0.0938. The highest BCUT2D eigenvalue weighted by Crippen LogP contribution is 2.31. The van der Waals surface area contributed by atoms with Gasteiger partial charge < -0.3 is 20.5 Å². The Kier molecular flexibility index (Phi) is 3.61. The summed E-state index contributed by atoms with van der Waals surface area (Å²) >= 11 is 1.25. The second-order valence-corrected chi connectivity index (χ2v) is 5.57. The van der Waals surface area contributed by atoms with Crippen LogP contribution in [0.4, 0.5) is 5.13 Å². The number of rotatable bonds is 3. The van der Waals surface area contributed by atoms with Crippen molar-refractivity contribution in [3.8, 4) is 11.5 Å². The molecule has 0 radical (unpaired) electrons. The maximum absolute atomic E-state index is 12.2. The minimum atomic E-state index is -0.263. The number of benzene rings is 1. The maximum atomic E-state index is 12.2. The van der Waals surface area contributed by atoms with E-state index in [1.165, 1.54) is 11.3 Å². The van der Waals surface area contributed by atoms with Crippen LogP contribution in [-0.4, -0.2) is 29.3 Å². The molecule has 1 aliphatic rings. The van der Waals surface area contributed by atoms with Crippen LogP contribution in [0.3, 0.4) is 0 Å². The predicted octanol–water partition coefficient (Wildman–Crippen LogP) is 1.38. The number of fused-ring (bicyclic) bond motifs is 1. The number of aromatic nitrogens is 2. The molecule has 3 rings (SSSR count). The van der Waals surface area contributed by atoms with Crippen molar-refractivity contribution < 1.29 is 14.3 Å². The Balaban J connectivity index is 1.73. The van der Waals surface area contributed by atoms with E-state index in [0.29, 0.717) is 40.4 Å². The molecule has 0 saturated carbocycles. The standard InChI is InChI=1S/C13H14N4O3S/c1-7(12-16-17-13(14)21-12)15-11(18)8-2-3-9-10(6-8)20-5-4-19-9/h2-3,6-7H,4-5H2,1H3,(H2,14,17)(H,15,18). The van der Waals surface area contributed by atoms with E-state index in [0.717, 1.165) is 0 Å². The van der Waals surface area contributed by atoms with Gasteiger partial charge in [-0.05, 0) is 25.1 Å². The topological polar surface area (TPSA) is 99.4 Å². The first-order chi connectivity index (χ1) is 10.1. The molecule has 21 heavy (non-hydrogen) atoms. The average Bonchev–Trinajstić information content (AvgIpc) is 2.93. The number of nitrogen functional groups attached to an aromatic ring is 1. The normalized spacial score (nSPS) is 14.5. The largest absolute Gasteiger partial charge is 0.486 e. The molecule has 3 N–H and O–H groups in total. The Morgan fingerprint density at radius 2 is 2.10 bits per heavy atom. The number of hydrogen-bond donors (Lipinski definition) is 2. The fraction of sp³-hybridized carbons (Fsp3) is 0.308. The zero-order valence-corrected chi connectivity index (χ0v) is 12.1. The van der Waals surface area contributed by atoms with Crippen molar-refractivity contribution in [1.29, 1.82) is 0 Å². The number of nitrogens with two attached hydrogens (primary N) is 1. The number of anilines is 1. The molecule has 0 spiro atoms. The van der Waals surface area contributed by atoms with Crippen molar-refractivity contribution in [2.45, 2.75) is 13.0 Å². The summed E-state index contributed by atoms with van der Waals surface area (Å²) in [4.78, 5) is 12.2. The summed E-state index contributed by atoms with van der Waals surface area (Å²) in [6.07, 6.45) is 0. The highest BCUT2D eigenvalue weighted by Gasteiger charge is 2.18. The van der Waals surface area contributed by atoms with Crippen LogP contribution >= 0.6 is 11.3 Å². The molecule has 1 aromatic heterocycles. The number of hydrogen-bond acceptors (Lipinski definition) is 7. The molecular formula is C13H14N4O3S. The molecule has 7 nitrogen and oxygen atoms in total. The van der Waals surface area contributed by atoms with Gasteiger partial charge in [-0.25, -0.2) is 0 Å². The SMILES string of the molecule is CC(NC(=O)c1ccc2c(c1)OCCO2)c1nnc(N)s1. The molecule has 1 aliphatic heterocycles. The Labute approximate surface area is 125 Å². The molecule has 0 aliphatic carbocycles. The van der Waals surface area contributed by atoms with E-state index in [1.54, 1.807) is 18.2 Å². The zero-order valence-electron chi connectivity index (χ0n) is 11.3. The summed E-state index contributed by atoms with van der Waals surface area (Å²) < 4.78 is 10.9. The number of ether oxygens (including phenoxy) is 2. The van der Waals surface area contributed by atoms with Gasteiger partial charge in [0.15, 0.2) is 11.5 Å². The summed E-state index contributed by atoms with van der Waals surface area (Å²) in [7, 11) is 0. The molecule has 0 saturated heterocycles. The van der Waals surface area contributed by atoms with Gasteiger partial charge in [0, 0.05) is 5.56 Å². The van der Waals surface area contributed by atoms with Crippen molar-refractivity contribution in [2.75, 3.05) is 18.9 Å². The molecule has 110 valence electrons. The summed E-state index contributed by atoms with van der Waals surface area (Å²) in [6, 6.07) is 4.84. The third kappa shape index (κ3) is 2.89. The fourth-order valence-corrected chi connectivity index (χ4v) is 2.56. The number of nitrogens with zero attached hydrogens (tertiary/aromatic N) is 2. The maximum Gasteiger partial charge on any atom is 0.251 e. The molecule has 1 aromatic carbocycles. The molecule has 1 amide bonds. The number of amides is 1. The molecule has 1 atom stereocenters. The van der Waals surface area contributed by atoms with Crippen LogP contribution in [0.2, 0.25) is 0 Å². The van der Waals surface area contributed by atoms with Gasteiger partial charge in [-0.3, -0.25) is 4.79 Å². The second-order valence-electron chi connectivity index (χ2n) is 4.53. The van der Waals surface area contributed by atoms with Gasteiger partial charge in [-0.1, -0.05) is 11.3 Å². The van der Waals surface area contributed by atoms with Crippen molar-refractivity contribution >= 4 is 22.4 Å². The Morgan fingerprint density at radius 3 is 2.81 bits per heavy atom. The van der Waals surface area contributed by atoms with E-state index >= 15 is 0 Å². The van der Waals surface area contributed by atoms with E-state index in [9.17, 15) is 4.79 Å². The molecule has 0 bridgehead atoms. The average molecular weight is 306 g/mol. The Bertz CT molecular complexity index is 673. The van der Waals surface area contributed by atoms with E-state index in [2.05, 4.69) is 15.5 Å². The highest BCUT2D eigenvalue weighted by atomic mass is 32.1. The quantitative estimate of drug-likeness (QED) is 0.889. The predicted molar refractivity (Wildman–Crippen MR) is 77.6 cm³/mol.